The molecule has 0 spiro atoms. The molecule has 4 heteroatoms. The SMILES string of the molecule is C[N+](C)(CCl)CC(O)CCl. The molecule has 0 heterocycles. The highest BCUT2D eigenvalue weighted by molar-refractivity contribution is 6.18. The van der Waals surface area contributed by atoms with Crippen LogP contribution in [0.1, 0.15) is 0 Å². The molecule has 0 aliphatic carbocycles. The summed E-state index contributed by atoms with van der Waals surface area (Å²) in [6.07, 6.45) is -0.449. The van der Waals surface area contributed by atoms with Crippen LogP contribution >= 0.6 is 23.2 Å². The lowest BCUT2D eigenvalue weighted by Gasteiger charge is -2.28. The maximum absolute atomic E-state index is 9.12. The third-order valence-corrected chi connectivity index (χ3v) is 2.21. The van der Waals surface area contributed by atoms with Crippen molar-refractivity contribution in [2.75, 3.05) is 32.5 Å². The molecule has 0 radical (unpaired) electrons. The minimum absolute atomic E-state index is 0.276. The average molecular weight is 187 g/mol. The lowest BCUT2D eigenvalue weighted by atomic mass is 10.3. The second-order valence-electron chi connectivity index (χ2n) is 3.05. The van der Waals surface area contributed by atoms with E-state index in [-0.39, 0.29) is 5.88 Å². The molecule has 0 fully saturated rings. The number of quaternary nitrogens is 1. The monoisotopic (exact) mass is 186 g/mol. The summed E-state index contributed by atoms with van der Waals surface area (Å²) >= 11 is 11.0. The van der Waals surface area contributed by atoms with E-state index in [1.807, 2.05) is 14.1 Å². The summed E-state index contributed by atoms with van der Waals surface area (Å²) in [5.41, 5.74) is 0. The lowest BCUT2D eigenvalue weighted by Crippen LogP contribution is -2.44. The Hall–Kier alpha value is 0.500. The second-order valence-corrected chi connectivity index (χ2v) is 3.59. The number of hydrogen-bond acceptors (Lipinski definition) is 1. The van der Waals surface area contributed by atoms with E-state index in [1.54, 1.807) is 0 Å². The van der Waals surface area contributed by atoms with Gasteiger partial charge in [0.15, 0.2) is 6.00 Å². The zero-order chi connectivity index (χ0) is 8.20. The largest absolute Gasteiger partial charge is 0.386 e. The van der Waals surface area contributed by atoms with Gasteiger partial charge in [-0.25, -0.2) is 0 Å². The number of hydrogen-bond donors (Lipinski definition) is 1. The Labute approximate surface area is 71.9 Å². The number of halogens is 2. The van der Waals surface area contributed by atoms with E-state index < -0.39 is 6.10 Å². The first-order valence-corrected chi connectivity index (χ1v) is 4.21. The van der Waals surface area contributed by atoms with Crippen LogP contribution in [-0.4, -0.2) is 48.2 Å². The van der Waals surface area contributed by atoms with Crippen LogP contribution in [0.5, 0.6) is 0 Å². The molecule has 0 saturated carbocycles. The van der Waals surface area contributed by atoms with Crippen molar-refractivity contribution in [3.63, 3.8) is 0 Å². The van der Waals surface area contributed by atoms with Gasteiger partial charge < -0.3 is 9.59 Å². The lowest BCUT2D eigenvalue weighted by molar-refractivity contribution is -0.882. The van der Waals surface area contributed by atoms with Gasteiger partial charge in [0.05, 0.1) is 20.0 Å². The number of likely N-dealkylation sites (N-methyl/N-ethyl adjacent to an activating group) is 1. The molecular weight excluding hydrogens is 173 g/mol. The zero-order valence-corrected chi connectivity index (χ0v) is 7.86. The fourth-order valence-corrected chi connectivity index (χ4v) is 0.863. The number of rotatable bonds is 4. The van der Waals surface area contributed by atoms with E-state index in [0.29, 0.717) is 17.0 Å². The fraction of sp³-hybridized carbons (Fsp3) is 1.00. The van der Waals surface area contributed by atoms with Gasteiger partial charge in [-0.15, -0.1) is 11.6 Å². The minimum Gasteiger partial charge on any atom is -0.386 e. The van der Waals surface area contributed by atoms with Crippen molar-refractivity contribution in [2.45, 2.75) is 6.10 Å². The number of aliphatic hydroxyl groups excluding tert-OH is 1. The van der Waals surface area contributed by atoms with Crippen molar-refractivity contribution < 1.29 is 9.59 Å². The molecule has 0 saturated heterocycles. The summed E-state index contributed by atoms with van der Waals surface area (Å²) in [6.45, 7) is 0.604. The first-order chi connectivity index (χ1) is 4.52. The highest BCUT2D eigenvalue weighted by atomic mass is 35.5. The molecule has 1 atom stereocenters. The van der Waals surface area contributed by atoms with E-state index in [9.17, 15) is 0 Å². The molecular formula is C6H14Cl2NO+. The fourth-order valence-electron chi connectivity index (χ4n) is 0.668. The van der Waals surface area contributed by atoms with E-state index >= 15 is 0 Å². The van der Waals surface area contributed by atoms with Gasteiger partial charge in [-0.1, -0.05) is 11.6 Å². The van der Waals surface area contributed by atoms with Crippen LogP contribution in [0.3, 0.4) is 0 Å². The predicted molar refractivity (Wildman–Crippen MR) is 44.4 cm³/mol. The Kier molecular flexibility index (Phi) is 4.61. The third kappa shape index (κ3) is 4.34. The van der Waals surface area contributed by atoms with Crippen molar-refractivity contribution in [3.8, 4) is 0 Å². The Morgan fingerprint density at radius 2 is 1.90 bits per heavy atom. The first-order valence-electron chi connectivity index (χ1n) is 3.14. The van der Waals surface area contributed by atoms with E-state index in [1.165, 1.54) is 0 Å². The quantitative estimate of drug-likeness (QED) is 0.393. The summed E-state index contributed by atoms with van der Waals surface area (Å²) in [5, 5.41) is 9.12. The zero-order valence-electron chi connectivity index (χ0n) is 6.35. The van der Waals surface area contributed by atoms with Crippen LogP contribution in [0, 0.1) is 0 Å². The van der Waals surface area contributed by atoms with Crippen molar-refractivity contribution in [3.05, 3.63) is 0 Å². The van der Waals surface area contributed by atoms with Gasteiger partial charge in [-0.2, -0.15) is 0 Å². The average Bonchev–Trinajstić information content (AvgIpc) is 1.87. The van der Waals surface area contributed by atoms with E-state index in [4.69, 9.17) is 28.3 Å². The highest BCUT2D eigenvalue weighted by Gasteiger charge is 2.17. The predicted octanol–water partition coefficient (Wildman–Crippen LogP) is 0.859. The second kappa shape index (κ2) is 4.39. The molecule has 10 heavy (non-hydrogen) atoms. The molecule has 1 N–H and O–H groups in total. The van der Waals surface area contributed by atoms with Gasteiger partial charge in [0.2, 0.25) is 0 Å². The highest BCUT2D eigenvalue weighted by Crippen LogP contribution is 2.02. The molecule has 0 aliphatic rings. The van der Waals surface area contributed by atoms with Crippen LogP contribution in [0.2, 0.25) is 0 Å². The van der Waals surface area contributed by atoms with E-state index in [0.717, 1.165) is 0 Å². The molecule has 0 aromatic heterocycles. The van der Waals surface area contributed by atoms with Gasteiger partial charge in [0, 0.05) is 0 Å². The van der Waals surface area contributed by atoms with Gasteiger partial charge in [-0.05, 0) is 0 Å². The smallest absolute Gasteiger partial charge is 0.154 e. The van der Waals surface area contributed by atoms with Crippen LogP contribution in [0.25, 0.3) is 0 Å². The summed E-state index contributed by atoms with van der Waals surface area (Å²) < 4.78 is 0.593. The van der Waals surface area contributed by atoms with Gasteiger partial charge in [-0.3, -0.25) is 0 Å². The Morgan fingerprint density at radius 1 is 1.40 bits per heavy atom. The van der Waals surface area contributed by atoms with Crippen LogP contribution < -0.4 is 0 Å². The van der Waals surface area contributed by atoms with E-state index in [2.05, 4.69) is 0 Å². The molecule has 0 bridgehead atoms. The molecule has 1 unspecified atom stereocenters. The molecule has 0 amide bonds. The molecule has 0 aromatic carbocycles. The Balaban J connectivity index is 3.64. The molecule has 0 aromatic rings. The van der Waals surface area contributed by atoms with Crippen LogP contribution in [0.4, 0.5) is 0 Å². The Bertz CT molecular complexity index is 97.7. The van der Waals surface area contributed by atoms with Crippen molar-refractivity contribution in [1.29, 1.82) is 0 Å². The van der Waals surface area contributed by atoms with Gasteiger partial charge in [0.1, 0.15) is 12.6 Å². The molecule has 2 nitrogen and oxygen atoms in total. The molecule has 0 rings (SSSR count). The molecule has 62 valence electrons. The normalized spacial score (nSPS) is 15.3. The number of nitrogens with zero attached hydrogens (tertiary/aromatic N) is 1. The maximum Gasteiger partial charge on any atom is 0.154 e. The third-order valence-electron chi connectivity index (χ3n) is 1.21. The summed E-state index contributed by atoms with van der Waals surface area (Å²) in [7, 11) is 3.89. The van der Waals surface area contributed by atoms with Crippen LogP contribution in [-0.2, 0) is 0 Å². The van der Waals surface area contributed by atoms with Gasteiger partial charge in [0.25, 0.3) is 0 Å². The summed E-state index contributed by atoms with van der Waals surface area (Å²) in [6, 6.07) is 0.494. The number of alkyl halides is 2. The topological polar surface area (TPSA) is 20.2 Å². The van der Waals surface area contributed by atoms with Crippen molar-refractivity contribution in [1.82, 2.24) is 0 Å². The standard InChI is InChI=1S/C6H14Cl2NO/c1-9(2,5-8)4-6(10)3-7/h6,10H,3-5H2,1-2H3/q+1. The Morgan fingerprint density at radius 3 is 2.20 bits per heavy atom. The summed E-state index contributed by atoms with van der Waals surface area (Å²) in [4.78, 5) is 0. The first kappa shape index (κ1) is 10.5. The number of aliphatic hydroxyl groups is 1. The van der Waals surface area contributed by atoms with Crippen LogP contribution in [0.15, 0.2) is 0 Å². The molecule has 0 aliphatic heterocycles. The minimum atomic E-state index is -0.449. The summed E-state index contributed by atoms with van der Waals surface area (Å²) in [5.74, 6) is 0.276. The van der Waals surface area contributed by atoms with Crippen molar-refractivity contribution in [2.24, 2.45) is 0 Å². The van der Waals surface area contributed by atoms with Gasteiger partial charge >= 0.3 is 0 Å². The maximum atomic E-state index is 9.12. The van der Waals surface area contributed by atoms with Crippen molar-refractivity contribution >= 4 is 23.2 Å².